The van der Waals surface area contributed by atoms with Crippen LogP contribution in [0.4, 0.5) is 4.79 Å². The van der Waals surface area contributed by atoms with Crippen LogP contribution in [0, 0.1) is 0 Å². The number of likely N-dealkylation sites (tertiary alicyclic amines) is 1. The summed E-state index contributed by atoms with van der Waals surface area (Å²) in [4.78, 5) is 17.3. The Bertz CT molecular complexity index is 801. The number of halogens is 1. The van der Waals surface area contributed by atoms with Crippen LogP contribution in [0.15, 0.2) is 24.4 Å². The van der Waals surface area contributed by atoms with Crippen molar-refractivity contribution in [2.24, 2.45) is 0 Å². The number of aromatic nitrogens is 1. The summed E-state index contributed by atoms with van der Waals surface area (Å²) in [5.41, 5.74) is 1.96. The van der Waals surface area contributed by atoms with Crippen LogP contribution in [0.3, 0.4) is 0 Å². The zero-order valence-electron chi connectivity index (χ0n) is 15.0. The molecule has 1 amide bonds. The predicted octanol–water partition coefficient (Wildman–Crippen LogP) is 4.70. The minimum absolute atomic E-state index is 0.210. The first-order chi connectivity index (χ1) is 12.2. The predicted molar refractivity (Wildman–Crippen MR) is 94.5 cm³/mol. The Labute approximate surface area is 166 Å². The van der Waals surface area contributed by atoms with Crippen LogP contribution in [0.25, 0.3) is 10.9 Å². The number of nitrogens with one attached hydrogen (secondary N) is 1. The molecule has 1 N–H and O–H groups in total. The Kier molecular flexibility index (Phi) is 7.24. The van der Waals surface area contributed by atoms with Crippen molar-refractivity contribution in [3.63, 3.8) is 0 Å². The van der Waals surface area contributed by atoms with Gasteiger partial charge in [0, 0.05) is 35.2 Å². The van der Waals surface area contributed by atoms with Gasteiger partial charge in [0.15, 0.2) is 0 Å². The van der Waals surface area contributed by atoms with Gasteiger partial charge in [0.1, 0.15) is 5.60 Å². The first-order valence-electron chi connectivity index (χ1n) is 8.34. The van der Waals surface area contributed by atoms with E-state index in [0.29, 0.717) is 5.92 Å². The molecule has 146 valence electrons. The molecule has 1 saturated heterocycles. The van der Waals surface area contributed by atoms with Crippen LogP contribution < -0.4 is 0 Å². The molecule has 1 aromatic heterocycles. The van der Waals surface area contributed by atoms with Gasteiger partial charge in [0.05, 0.1) is 0 Å². The first-order valence-corrected chi connectivity index (χ1v) is 10.6. The Hall–Kier alpha value is -1.39. The van der Waals surface area contributed by atoms with Crippen molar-refractivity contribution in [3.05, 3.63) is 35.0 Å². The van der Waals surface area contributed by atoms with Gasteiger partial charge in [-0.3, -0.25) is 0 Å². The number of fused-ring (bicyclic) bond motifs is 1. The van der Waals surface area contributed by atoms with Crippen LogP contribution in [0.1, 0.15) is 45.1 Å². The number of piperidine rings is 1. The molecule has 26 heavy (non-hydrogen) atoms. The van der Waals surface area contributed by atoms with Gasteiger partial charge in [-0.25, -0.2) is 4.79 Å². The molecule has 0 bridgehead atoms. The molecular weight excluding hydrogens is 539 g/mol. The number of aromatic amines is 1. The number of ether oxygens (including phenoxy) is 1. The fraction of sp³-hybridized carbons (Fsp3) is 0.500. The van der Waals surface area contributed by atoms with Crippen LogP contribution in [0.2, 0.25) is 5.02 Å². The molecule has 0 atom stereocenters. The molecule has 0 saturated carbocycles. The molecule has 3 rings (SSSR count). The molecule has 1 fully saturated rings. The number of rotatable bonds is 1. The zero-order valence-corrected chi connectivity index (χ0v) is 18.0. The number of carbonyl (C=O) groups excluding carboxylic acids is 1. The molecule has 0 radical (unpaired) electrons. The zero-order chi connectivity index (χ0) is 19.3. The van der Waals surface area contributed by atoms with E-state index in [9.17, 15) is 4.79 Å². The Morgan fingerprint density at radius 3 is 2.46 bits per heavy atom. The molecule has 8 heteroatoms. The number of carbonyl (C=O) groups is 1. The van der Waals surface area contributed by atoms with Crippen molar-refractivity contribution in [2.75, 3.05) is 13.1 Å². The SMILES string of the molecule is CC(C)(C)OC(=O)N1CCC(c2c[nH]c3ccc(Cl)cc23)CC1.[O]=[Pt]=[O]. The number of hydrogen-bond donors (Lipinski definition) is 1. The normalized spacial score (nSPS) is 15.6. The third kappa shape index (κ3) is 5.55. The summed E-state index contributed by atoms with van der Waals surface area (Å²) in [5.74, 6) is 0.445. The van der Waals surface area contributed by atoms with Crippen LogP contribution in [-0.4, -0.2) is 34.7 Å². The number of nitrogens with zero attached hydrogens (tertiary/aromatic N) is 1. The topological polar surface area (TPSA) is 79.5 Å². The maximum atomic E-state index is 12.1. The molecule has 1 aromatic carbocycles. The van der Waals surface area contributed by atoms with Gasteiger partial charge in [0.25, 0.3) is 0 Å². The average Bonchev–Trinajstić information content (AvgIpc) is 2.97. The minimum atomic E-state index is -1.92. The van der Waals surface area contributed by atoms with E-state index in [-0.39, 0.29) is 6.09 Å². The quantitative estimate of drug-likeness (QED) is 0.548. The fourth-order valence-corrected chi connectivity index (χ4v) is 3.32. The summed E-state index contributed by atoms with van der Waals surface area (Å²) in [6.07, 6.45) is 3.75. The second-order valence-corrected chi connectivity index (χ2v) is 8.04. The number of benzene rings is 1. The fourth-order valence-electron chi connectivity index (χ4n) is 3.15. The Balaban J connectivity index is 0.000000758. The number of H-pyrrole nitrogens is 1. The monoisotopic (exact) mass is 561 g/mol. The Morgan fingerprint density at radius 2 is 1.88 bits per heavy atom. The van der Waals surface area contributed by atoms with Crippen molar-refractivity contribution in [2.45, 2.75) is 45.1 Å². The summed E-state index contributed by atoms with van der Waals surface area (Å²) in [6, 6.07) is 5.93. The van der Waals surface area contributed by atoms with Crippen molar-refractivity contribution in [3.8, 4) is 0 Å². The molecule has 0 spiro atoms. The third-order valence-corrected chi connectivity index (χ3v) is 4.50. The van der Waals surface area contributed by atoms with E-state index < -0.39 is 24.1 Å². The Morgan fingerprint density at radius 1 is 1.27 bits per heavy atom. The second kappa shape index (κ2) is 9.00. The van der Waals surface area contributed by atoms with E-state index in [1.807, 2.05) is 43.9 Å². The summed E-state index contributed by atoms with van der Waals surface area (Å²) in [5, 5.41) is 1.94. The maximum absolute atomic E-state index is 12.1. The molecular formula is C18H23ClN2O4Pt. The van der Waals surface area contributed by atoms with Crippen molar-refractivity contribution >= 4 is 28.6 Å². The summed E-state index contributed by atoms with van der Waals surface area (Å²) in [6.45, 7) is 7.15. The molecule has 6 nitrogen and oxygen atoms in total. The van der Waals surface area contributed by atoms with Crippen molar-refractivity contribution in [1.82, 2.24) is 9.88 Å². The van der Waals surface area contributed by atoms with Gasteiger partial charge >= 0.3 is 31.4 Å². The van der Waals surface area contributed by atoms with Gasteiger partial charge in [0.2, 0.25) is 0 Å². The van der Waals surface area contributed by atoms with Gasteiger partial charge in [-0.05, 0) is 63.3 Å². The van der Waals surface area contributed by atoms with E-state index in [1.165, 1.54) is 10.9 Å². The molecule has 0 unspecified atom stereocenters. The summed E-state index contributed by atoms with van der Waals surface area (Å²) in [7, 11) is 0. The molecule has 1 aliphatic heterocycles. The molecule has 1 aliphatic rings. The van der Waals surface area contributed by atoms with E-state index in [1.54, 1.807) is 0 Å². The third-order valence-electron chi connectivity index (χ3n) is 4.26. The van der Waals surface area contributed by atoms with Gasteiger partial charge in [-0.15, -0.1) is 0 Å². The van der Waals surface area contributed by atoms with E-state index >= 15 is 0 Å². The van der Waals surface area contributed by atoms with E-state index in [0.717, 1.165) is 36.5 Å². The molecule has 0 aliphatic carbocycles. The summed E-state index contributed by atoms with van der Waals surface area (Å²) >= 11 is 4.21. The molecule has 2 heterocycles. The van der Waals surface area contributed by atoms with Crippen LogP contribution >= 0.6 is 11.6 Å². The van der Waals surface area contributed by atoms with E-state index in [2.05, 4.69) is 11.2 Å². The summed E-state index contributed by atoms with van der Waals surface area (Å²) < 4.78 is 22.4. The van der Waals surface area contributed by atoms with Crippen LogP contribution in [0.5, 0.6) is 0 Å². The average molecular weight is 562 g/mol. The second-order valence-electron chi connectivity index (χ2n) is 7.23. The standard InChI is InChI=1S/C18H23ClN2O2.2O.Pt/c1-18(2,3)23-17(22)21-8-6-12(7-9-21)15-11-20-16-5-4-13(19)10-14(15)16;;;/h4-5,10-12,20H,6-9H2,1-3H3;;;. The van der Waals surface area contributed by atoms with Crippen LogP contribution in [-0.2, 0) is 30.0 Å². The van der Waals surface area contributed by atoms with Gasteiger partial charge in [-0.1, -0.05) is 11.6 Å². The number of amides is 1. The van der Waals surface area contributed by atoms with E-state index in [4.69, 9.17) is 23.1 Å². The number of hydrogen-bond acceptors (Lipinski definition) is 4. The first kappa shape index (κ1) is 20.9. The van der Waals surface area contributed by atoms with Crippen molar-refractivity contribution in [1.29, 1.82) is 0 Å². The van der Waals surface area contributed by atoms with Gasteiger partial charge < -0.3 is 14.6 Å². The molecule has 2 aromatic rings. The van der Waals surface area contributed by atoms with Crippen molar-refractivity contribution < 1.29 is 34.8 Å². The van der Waals surface area contributed by atoms with Gasteiger partial charge in [-0.2, -0.15) is 0 Å².